The number of hydrogen-bond acceptors (Lipinski definition) is 3. The molecule has 1 aliphatic heterocycles. The zero-order valence-corrected chi connectivity index (χ0v) is 8.51. The molecule has 1 heterocycles. The summed E-state index contributed by atoms with van der Waals surface area (Å²) in [4.78, 5) is 2.28. The monoisotopic (exact) mass is 181 g/mol. The van der Waals surface area contributed by atoms with E-state index in [1.807, 2.05) is 6.92 Å². The van der Waals surface area contributed by atoms with E-state index in [4.69, 9.17) is 12.2 Å². The molecule has 0 spiro atoms. The molecule has 1 rings (SSSR count). The number of likely N-dealkylation sites (tertiary alicyclic amines) is 1. The van der Waals surface area contributed by atoms with Crippen molar-refractivity contribution in [3.63, 3.8) is 0 Å². The highest BCUT2D eigenvalue weighted by molar-refractivity contribution is 5.05. The van der Waals surface area contributed by atoms with Gasteiger partial charge in [0.25, 0.3) is 0 Å². The van der Waals surface area contributed by atoms with Gasteiger partial charge in [0.05, 0.1) is 6.04 Å². The average molecular weight is 181 g/mol. The third-order valence-corrected chi connectivity index (χ3v) is 2.71. The third kappa shape index (κ3) is 2.44. The Morgan fingerprint density at radius 3 is 2.85 bits per heavy atom. The van der Waals surface area contributed by atoms with Crippen LogP contribution in [0.4, 0.5) is 0 Å². The van der Waals surface area contributed by atoms with E-state index in [1.165, 1.54) is 0 Å². The molecule has 2 atom stereocenters. The van der Waals surface area contributed by atoms with Gasteiger partial charge < -0.3 is 10.6 Å². The van der Waals surface area contributed by atoms with Gasteiger partial charge in [-0.15, -0.1) is 6.42 Å². The van der Waals surface area contributed by atoms with Gasteiger partial charge in [-0.25, -0.2) is 0 Å². The lowest BCUT2D eigenvalue weighted by molar-refractivity contribution is 0.308. The van der Waals surface area contributed by atoms with E-state index in [0.717, 1.165) is 19.5 Å². The van der Waals surface area contributed by atoms with E-state index < -0.39 is 0 Å². The standard InChI is InChI=1S/C10H19N3/c1-4-9(2)12-10(7-11)5-6-13(3)8-10/h1,9,12H,5-8,11H2,2-3H3. The molecule has 0 aliphatic carbocycles. The van der Waals surface area contributed by atoms with Crippen LogP contribution in [0.2, 0.25) is 0 Å². The van der Waals surface area contributed by atoms with Gasteiger partial charge in [0.2, 0.25) is 0 Å². The Hall–Kier alpha value is -0.560. The number of rotatable bonds is 3. The number of terminal acetylenes is 1. The zero-order valence-electron chi connectivity index (χ0n) is 8.51. The molecule has 0 aromatic rings. The van der Waals surface area contributed by atoms with Crippen LogP contribution in [0.1, 0.15) is 13.3 Å². The van der Waals surface area contributed by atoms with Gasteiger partial charge in [0.15, 0.2) is 0 Å². The molecule has 0 aromatic heterocycles. The van der Waals surface area contributed by atoms with Crippen LogP contribution in [0.25, 0.3) is 0 Å². The molecule has 1 fully saturated rings. The van der Waals surface area contributed by atoms with Crippen molar-refractivity contribution in [1.29, 1.82) is 0 Å². The number of nitrogens with one attached hydrogen (secondary N) is 1. The minimum Gasteiger partial charge on any atom is -0.329 e. The highest BCUT2D eigenvalue weighted by atomic mass is 15.2. The van der Waals surface area contributed by atoms with Gasteiger partial charge in [-0.3, -0.25) is 5.32 Å². The predicted molar refractivity (Wildman–Crippen MR) is 55.3 cm³/mol. The largest absolute Gasteiger partial charge is 0.329 e. The van der Waals surface area contributed by atoms with Crippen LogP contribution in [-0.2, 0) is 0 Å². The Bertz CT molecular complexity index is 209. The second kappa shape index (κ2) is 4.10. The van der Waals surface area contributed by atoms with Crippen LogP contribution in [0, 0.1) is 12.3 Å². The average Bonchev–Trinajstić information content (AvgIpc) is 2.48. The fraction of sp³-hybridized carbons (Fsp3) is 0.800. The van der Waals surface area contributed by atoms with Crippen LogP contribution in [-0.4, -0.2) is 43.2 Å². The van der Waals surface area contributed by atoms with Gasteiger partial charge in [-0.1, -0.05) is 5.92 Å². The molecular formula is C10H19N3. The van der Waals surface area contributed by atoms with E-state index in [1.54, 1.807) is 0 Å². The smallest absolute Gasteiger partial charge is 0.0663 e. The topological polar surface area (TPSA) is 41.3 Å². The molecule has 2 unspecified atom stereocenters. The first kappa shape index (κ1) is 10.5. The van der Waals surface area contributed by atoms with E-state index in [2.05, 4.69) is 23.2 Å². The predicted octanol–water partition coefficient (Wildman–Crippen LogP) is -0.369. The van der Waals surface area contributed by atoms with Crippen molar-refractivity contribution >= 4 is 0 Å². The number of likely N-dealkylation sites (N-methyl/N-ethyl adjacent to an activating group) is 1. The van der Waals surface area contributed by atoms with Crippen molar-refractivity contribution in [1.82, 2.24) is 10.2 Å². The summed E-state index contributed by atoms with van der Waals surface area (Å²) in [5, 5.41) is 3.42. The molecule has 0 bridgehead atoms. The summed E-state index contributed by atoms with van der Waals surface area (Å²) in [5.41, 5.74) is 5.82. The van der Waals surface area contributed by atoms with Crippen LogP contribution in [0.5, 0.6) is 0 Å². The van der Waals surface area contributed by atoms with Gasteiger partial charge >= 0.3 is 0 Å². The first-order valence-corrected chi connectivity index (χ1v) is 4.74. The first-order valence-electron chi connectivity index (χ1n) is 4.74. The Kier molecular flexibility index (Phi) is 3.32. The highest BCUT2D eigenvalue weighted by Crippen LogP contribution is 2.19. The molecule has 3 nitrogen and oxygen atoms in total. The van der Waals surface area contributed by atoms with Crippen LogP contribution in [0.15, 0.2) is 0 Å². The lowest BCUT2D eigenvalue weighted by Gasteiger charge is -2.30. The maximum absolute atomic E-state index is 5.78. The summed E-state index contributed by atoms with van der Waals surface area (Å²) >= 11 is 0. The fourth-order valence-electron chi connectivity index (χ4n) is 1.92. The number of nitrogens with two attached hydrogens (primary N) is 1. The Labute approximate surface area is 80.7 Å². The minimum atomic E-state index is 0.0422. The quantitative estimate of drug-likeness (QED) is 0.584. The minimum absolute atomic E-state index is 0.0422. The molecule has 74 valence electrons. The maximum Gasteiger partial charge on any atom is 0.0663 e. The van der Waals surface area contributed by atoms with Crippen LogP contribution < -0.4 is 11.1 Å². The molecular weight excluding hydrogens is 162 g/mol. The van der Waals surface area contributed by atoms with E-state index >= 15 is 0 Å². The second-order valence-corrected chi connectivity index (χ2v) is 4.00. The van der Waals surface area contributed by atoms with Crippen molar-refractivity contribution in [3.8, 4) is 12.3 Å². The molecule has 3 N–H and O–H groups in total. The lowest BCUT2D eigenvalue weighted by atomic mass is 9.98. The SMILES string of the molecule is C#CC(C)NC1(CN)CCN(C)C1. The van der Waals surface area contributed by atoms with E-state index in [9.17, 15) is 0 Å². The summed E-state index contributed by atoms with van der Waals surface area (Å²) in [7, 11) is 2.11. The Balaban J connectivity index is 2.56. The van der Waals surface area contributed by atoms with Crippen molar-refractivity contribution in [2.45, 2.75) is 24.9 Å². The van der Waals surface area contributed by atoms with Crippen LogP contribution >= 0.6 is 0 Å². The van der Waals surface area contributed by atoms with Crippen molar-refractivity contribution in [2.75, 3.05) is 26.7 Å². The number of nitrogens with zero attached hydrogens (tertiary/aromatic N) is 1. The second-order valence-electron chi connectivity index (χ2n) is 4.00. The van der Waals surface area contributed by atoms with Crippen LogP contribution in [0.3, 0.4) is 0 Å². The molecule has 0 amide bonds. The van der Waals surface area contributed by atoms with Gasteiger partial charge in [0.1, 0.15) is 0 Å². The fourth-order valence-corrected chi connectivity index (χ4v) is 1.92. The molecule has 13 heavy (non-hydrogen) atoms. The zero-order chi connectivity index (χ0) is 9.90. The maximum atomic E-state index is 5.78. The normalized spacial score (nSPS) is 31.5. The molecule has 3 heteroatoms. The summed E-state index contributed by atoms with van der Waals surface area (Å²) in [6, 6.07) is 0.107. The third-order valence-electron chi connectivity index (χ3n) is 2.71. The van der Waals surface area contributed by atoms with Crippen molar-refractivity contribution in [2.24, 2.45) is 5.73 Å². The molecule has 1 aliphatic rings. The molecule has 0 aromatic carbocycles. The summed E-state index contributed by atoms with van der Waals surface area (Å²) in [5.74, 6) is 2.68. The van der Waals surface area contributed by atoms with Gasteiger partial charge in [0, 0.05) is 18.6 Å². The highest BCUT2D eigenvalue weighted by Gasteiger charge is 2.35. The van der Waals surface area contributed by atoms with E-state index in [-0.39, 0.29) is 11.6 Å². The molecule has 1 saturated heterocycles. The Morgan fingerprint density at radius 2 is 2.46 bits per heavy atom. The van der Waals surface area contributed by atoms with E-state index in [0.29, 0.717) is 6.54 Å². The van der Waals surface area contributed by atoms with Crippen molar-refractivity contribution in [3.05, 3.63) is 0 Å². The van der Waals surface area contributed by atoms with Gasteiger partial charge in [-0.2, -0.15) is 0 Å². The summed E-state index contributed by atoms with van der Waals surface area (Å²) in [6.07, 6.45) is 6.42. The Morgan fingerprint density at radius 1 is 1.77 bits per heavy atom. The lowest BCUT2D eigenvalue weighted by Crippen LogP contribution is -2.55. The first-order chi connectivity index (χ1) is 6.12. The molecule has 0 radical (unpaired) electrons. The number of hydrogen-bond donors (Lipinski definition) is 2. The summed E-state index contributed by atoms with van der Waals surface area (Å²) < 4.78 is 0. The summed E-state index contributed by atoms with van der Waals surface area (Å²) in [6.45, 7) is 4.75. The van der Waals surface area contributed by atoms with Crippen molar-refractivity contribution < 1.29 is 0 Å². The molecule has 0 saturated carbocycles. The van der Waals surface area contributed by atoms with Gasteiger partial charge in [-0.05, 0) is 26.9 Å².